The maximum Gasteiger partial charge on any atom is 0.0955 e. The maximum absolute atomic E-state index is 6.25. The van der Waals surface area contributed by atoms with Crippen molar-refractivity contribution in [3.63, 3.8) is 0 Å². The summed E-state index contributed by atoms with van der Waals surface area (Å²) in [5.41, 5.74) is 4.08. The van der Waals surface area contributed by atoms with E-state index in [0.717, 1.165) is 37.6 Å². The van der Waals surface area contributed by atoms with Crippen molar-refractivity contribution in [1.82, 2.24) is 5.32 Å². The molecule has 15 heavy (non-hydrogen) atoms. The smallest absolute Gasteiger partial charge is 0.0955 e. The number of benzene rings is 1. The van der Waals surface area contributed by atoms with E-state index in [9.17, 15) is 0 Å². The predicted octanol–water partition coefficient (Wildman–Crippen LogP) is 2.10. The fourth-order valence-electron chi connectivity index (χ4n) is 2.56. The Bertz CT molecular complexity index is 391. The van der Waals surface area contributed by atoms with E-state index < -0.39 is 0 Å². The van der Waals surface area contributed by atoms with Gasteiger partial charge in [-0.25, -0.2) is 0 Å². The fourth-order valence-corrected chi connectivity index (χ4v) is 2.82. The minimum Gasteiger partial charge on any atom is -0.372 e. The molecular formula is C12H14ClNO. The molecule has 1 aromatic rings. The summed E-state index contributed by atoms with van der Waals surface area (Å²) in [6, 6.07) is 4.19. The van der Waals surface area contributed by atoms with Gasteiger partial charge in [-0.05, 0) is 42.1 Å². The van der Waals surface area contributed by atoms with E-state index in [1.165, 1.54) is 16.7 Å². The summed E-state index contributed by atoms with van der Waals surface area (Å²) >= 11 is 6.25. The molecule has 2 heterocycles. The molecule has 1 N–H and O–H groups in total. The van der Waals surface area contributed by atoms with Gasteiger partial charge in [0, 0.05) is 11.6 Å². The first-order valence-electron chi connectivity index (χ1n) is 5.49. The number of nitrogens with one attached hydrogen (secondary N) is 1. The Kier molecular flexibility index (Phi) is 2.43. The van der Waals surface area contributed by atoms with Crippen LogP contribution in [0.3, 0.4) is 0 Å². The molecule has 0 aliphatic carbocycles. The average molecular weight is 224 g/mol. The van der Waals surface area contributed by atoms with Crippen LogP contribution in [0.25, 0.3) is 0 Å². The maximum atomic E-state index is 6.25. The SMILES string of the molecule is Clc1ccc2c3c1CCNCC3OCC2. The van der Waals surface area contributed by atoms with Gasteiger partial charge in [-0.2, -0.15) is 0 Å². The van der Waals surface area contributed by atoms with E-state index in [2.05, 4.69) is 11.4 Å². The predicted molar refractivity (Wildman–Crippen MR) is 60.4 cm³/mol. The van der Waals surface area contributed by atoms with Crippen LogP contribution in [-0.2, 0) is 17.6 Å². The molecule has 3 heteroatoms. The molecular weight excluding hydrogens is 210 g/mol. The Labute approximate surface area is 94.6 Å². The first-order valence-corrected chi connectivity index (χ1v) is 5.86. The van der Waals surface area contributed by atoms with E-state index in [0.29, 0.717) is 0 Å². The summed E-state index contributed by atoms with van der Waals surface area (Å²) in [5.74, 6) is 0. The largest absolute Gasteiger partial charge is 0.372 e. The van der Waals surface area contributed by atoms with E-state index in [1.54, 1.807) is 0 Å². The minimum absolute atomic E-state index is 0.213. The Morgan fingerprint density at radius 3 is 3.20 bits per heavy atom. The van der Waals surface area contributed by atoms with Gasteiger partial charge in [0.1, 0.15) is 0 Å². The zero-order chi connectivity index (χ0) is 10.3. The highest BCUT2D eigenvalue weighted by Gasteiger charge is 2.26. The van der Waals surface area contributed by atoms with E-state index in [-0.39, 0.29) is 6.10 Å². The fraction of sp³-hybridized carbons (Fsp3) is 0.500. The van der Waals surface area contributed by atoms with Gasteiger partial charge < -0.3 is 10.1 Å². The van der Waals surface area contributed by atoms with Crippen LogP contribution in [0.2, 0.25) is 5.02 Å². The number of halogens is 1. The molecule has 0 bridgehead atoms. The van der Waals surface area contributed by atoms with Crippen LogP contribution in [0, 0.1) is 0 Å². The van der Waals surface area contributed by atoms with Gasteiger partial charge in [0.15, 0.2) is 0 Å². The minimum atomic E-state index is 0.213. The van der Waals surface area contributed by atoms with Gasteiger partial charge in [0.2, 0.25) is 0 Å². The average Bonchev–Trinajstić information content (AvgIpc) is 2.48. The van der Waals surface area contributed by atoms with Crippen molar-refractivity contribution in [2.75, 3.05) is 19.7 Å². The normalized spacial score (nSPS) is 24.5. The molecule has 1 atom stereocenters. The van der Waals surface area contributed by atoms with Crippen LogP contribution in [-0.4, -0.2) is 19.7 Å². The third kappa shape index (κ3) is 1.57. The zero-order valence-electron chi connectivity index (χ0n) is 8.55. The van der Waals surface area contributed by atoms with Crippen molar-refractivity contribution in [3.8, 4) is 0 Å². The van der Waals surface area contributed by atoms with Crippen molar-refractivity contribution in [3.05, 3.63) is 33.8 Å². The molecule has 0 radical (unpaired) electrons. The Morgan fingerprint density at radius 1 is 1.33 bits per heavy atom. The van der Waals surface area contributed by atoms with Gasteiger partial charge >= 0.3 is 0 Å². The lowest BCUT2D eigenvalue weighted by Gasteiger charge is -2.27. The van der Waals surface area contributed by atoms with E-state index in [4.69, 9.17) is 16.3 Å². The van der Waals surface area contributed by atoms with E-state index in [1.807, 2.05) is 6.07 Å². The highest BCUT2D eigenvalue weighted by Crippen LogP contribution is 2.35. The summed E-state index contributed by atoms with van der Waals surface area (Å²) in [7, 11) is 0. The van der Waals surface area contributed by atoms with Crippen molar-refractivity contribution >= 4 is 11.6 Å². The van der Waals surface area contributed by atoms with Gasteiger partial charge in [0.25, 0.3) is 0 Å². The van der Waals surface area contributed by atoms with Crippen molar-refractivity contribution in [2.45, 2.75) is 18.9 Å². The van der Waals surface area contributed by atoms with Gasteiger partial charge in [-0.1, -0.05) is 17.7 Å². The lowest BCUT2D eigenvalue weighted by Crippen LogP contribution is -2.25. The quantitative estimate of drug-likeness (QED) is 0.728. The lowest BCUT2D eigenvalue weighted by molar-refractivity contribution is 0.0441. The molecule has 0 saturated carbocycles. The molecule has 2 aliphatic rings. The monoisotopic (exact) mass is 223 g/mol. The summed E-state index contributed by atoms with van der Waals surface area (Å²) in [4.78, 5) is 0. The first kappa shape index (κ1) is 9.64. The molecule has 1 aromatic carbocycles. The third-order valence-electron chi connectivity index (χ3n) is 3.28. The second-order valence-corrected chi connectivity index (χ2v) is 4.57. The number of hydrogen-bond donors (Lipinski definition) is 1. The Hall–Kier alpha value is -0.570. The van der Waals surface area contributed by atoms with Crippen molar-refractivity contribution in [2.24, 2.45) is 0 Å². The summed E-state index contributed by atoms with van der Waals surface area (Å²) in [5, 5.41) is 4.30. The molecule has 0 saturated heterocycles. The molecule has 0 fully saturated rings. The third-order valence-corrected chi connectivity index (χ3v) is 3.64. The van der Waals surface area contributed by atoms with Crippen molar-refractivity contribution < 1.29 is 4.74 Å². The number of hydrogen-bond acceptors (Lipinski definition) is 2. The van der Waals surface area contributed by atoms with Crippen LogP contribution in [0.15, 0.2) is 12.1 Å². The number of ether oxygens (including phenoxy) is 1. The van der Waals surface area contributed by atoms with E-state index >= 15 is 0 Å². The van der Waals surface area contributed by atoms with Gasteiger partial charge in [0.05, 0.1) is 12.7 Å². The Balaban J connectivity index is 2.19. The van der Waals surface area contributed by atoms with Crippen molar-refractivity contribution in [1.29, 1.82) is 0 Å². The van der Waals surface area contributed by atoms with Crippen LogP contribution in [0.4, 0.5) is 0 Å². The molecule has 80 valence electrons. The summed E-state index contributed by atoms with van der Waals surface area (Å²) < 4.78 is 5.80. The standard InChI is InChI=1S/C12H14ClNO/c13-10-2-1-8-4-6-15-11-7-14-5-3-9(10)12(8)11/h1-2,11,14H,3-7H2. The van der Waals surface area contributed by atoms with Gasteiger partial charge in [-0.15, -0.1) is 0 Å². The molecule has 0 aromatic heterocycles. The van der Waals surface area contributed by atoms with Crippen LogP contribution < -0.4 is 5.32 Å². The Morgan fingerprint density at radius 2 is 2.27 bits per heavy atom. The van der Waals surface area contributed by atoms with Crippen LogP contribution >= 0.6 is 11.6 Å². The zero-order valence-corrected chi connectivity index (χ0v) is 9.31. The highest BCUT2D eigenvalue weighted by molar-refractivity contribution is 6.31. The molecule has 1 unspecified atom stereocenters. The summed E-state index contributed by atoms with van der Waals surface area (Å²) in [6.45, 7) is 2.75. The second kappa shape index (κ2) is 3.78. The molecule has 2 aliphatic heterocycles. The van der Waals surface area contributed by atoms with Crippen LogP contribution in [0.5, 0.6) is 0 Å². The lowest BCUT2D eigenvalue weighted by atomic mass is 9.92. The second-order valence-electron chi connectivity index (χ2n) is 4.16. The first-order chi connectivity index (χ1) is 7.36. The molecule has 0 spiro atoms. The summed E-state index contributed by atoms with van der Waals surface area (Å²) in [6.07, 6.45) is 2.25. The molecule has 3 rings (SSSR count). The van der Waals surface area contributed by atoms with Crippen LogP contribution in [0.1, 0.15) is 22.8 Å². The highest BCUT2D eigenvalue weighted by atomic mass is 35.5. The van der Waals surface area contributed by atoms with Gasteiger partial charge in [-0.3, -0.25) is 0 Å². The number of rotatable bonds is 0. The molecule has 2 nitrogen and oxygen atoms in total. The topological polar surface area (TPSA) is 21.3 Å². The molecule has 0 amide bonds.